The molecule has 0 aliphatic carbocycles. The Morgan fingerprint density at radius 1 is 1.33 bits per heavy atom. The number of hydrogen-bond donors (Lipinski definition) is 0. The summed E-state index contributed by atoms with van der Waals surface area (Å²) in [6, 6.07) is 8.78. The summed E-state index contributed by atoms with van der Waals surface area (Å²) in [5.41, 5.74) is 0.597. The summed E-state index contributed by atoms with van der Waals surface area (Å²) in [7, 11) is 0. The lowest BCUT2D eigenvalue weighted by molar-refractivity contribution is -0.120. The first-order valence-electron chi connectivity index (χ1n) is 3.56. The lowest BCUT2D eigenvalue weighted by Gasteiger charge is -2.11. The molecule has 0 fully saturated rings. The Morgan fingerprint density at radius 3 is 2.33 bits per heavy atom. The van der Waals surface area contributed by atoms with Gasteiger partial charge in [-0.3, -0.25) is 14.5 Å². The summed E-state index contributed by atoms with van der Waals surface area (Å²) < 4.78 is 0. The van der Waals surface area contributed by atoms with Crippen molar-refractivity contribution < 1.29 is 9.59 Å². The number of carbonyl (C=O) groups is 2. The van der Waals surface area contributed by atoms with Crippen LogP contribution in [0.1, 0.15) is 6.92 Å². The van der Waals surface area contributed by atoms with Crippen molar-refractivity contribution in [3.8, 4) is 0 Å². The maximum absolute atomic E-state index is 10.9. The number of benzene rings is 1. The van der Waals surface area contributed by atoms with E-state index >= 15 is 0 Å². The summed E-state index contributed by atoms with van der Waals surface area (Å²) in [5.74, 6) is -0.281. The van der Waals surface area contributed by atoms with Crippen LogP contribution in [0.2, 0.25) is 0 Å². The molecule has 0 saturated carbocycles. The molecule has 0 aliphatic heterocycles. The number of para-hydroxylation sites is 1. The van der Waals surface area contributed by atoms with Crippen LogP contribution in [0.4, 0.5) is 5.69 Å². The topological polar surface area (TPSA) is 37.4 Å². The maximum Gasteiger partial charge on any atom is 0.230 e. The normalized spacial score (nSPS) is 9.08. The van der Waals surface area contributed by atoms with E-state index in [1.54, 1.807) is 24.3 Å². The second kappa shape index (κ2) is 3.67. The van der Waals surface area contributed by atoms with E-state index in [0.717, 1.165) is 4.90 Å². The third-order valence-electron chi connectivity index (χ3n) is 1.48. The van der Waals surface area contributed by atoms with Crippen LogP contribution in [-0.2, 0) is 9.59 Å². The molecule has 0 spiro atoms. The van der Waals surface area contributed by atoms with Gasteiger partial charge >= 0.3 is 0 Å². The molecule has 62 valence electrons. The number of carbonyl (C=O) groups excluding carboxylic acids is 2. The zero-order valence-electron chi connectivity index (χ0n) is 6.73. The number of amides is 2. The second-order valence-electron chi connectivity index (χ2n) is 2.33. The fourth-order valence-corrected chi connectivity index (χ4v) is 0.905. The molecule has 1 aromatic carbocycles. The van der Waals surface area contributed by atoms with Gasteiger partial charge in [0.2, 0.25) is 12.3 Å². The number of rotatable bonds is 2. The number of hydrogen-bond acceptors (Lipinski definition) is 2. The number of anilines is 1. The Morgan fingerprint density at radius 2 is 1.92 bits per heavy atom. The van der Waals surface area contributed by atoms with Crippen molar-refractivity contribution in [2.75, 3.05) is 4.90 Å². The molecule has 0 aliphatic rings. The van der Waals surface area contributed by atoms with Crippen molar-refractivity contribution in [3.05, 3.63) is 30.3 Å². The van der Waals surface area contributed by atoms with Crippen LogP contribution in [0.3, 0.4) is 0 Å². The van der Waals surface area contributed by atoms with Gasteiger partial charge in [0.1, 0.15) is 0 Å². The molecule has 0 bridgehead atoms. The molecule has 2 amide bonds. The molecular formula is C9H9NO2. The van der Waals surface area contributed by atoms with Gasteiger partial charge < -0.3 is 0 Å². The molecule has 0 radical (unpaired) electrons. The predicted molar refractivity (Wildman–Crippen MR) is 45.7 cm³/mol. The molecule has 0 heterocycles. The van der Waals surface area contributed by atoms with Crippen LogP contribution < -0.4 is 4.90 Å². The molecule has 0 N–H and O–H groups in total. The maximum atomic E-state index is 10.9. The monoisotopic (exact) mass is 163 g/mol. The van der Waals surface area contributed by atoms with Crippen molar-refractivity contribution in [2.45, 2.75) is 6.92 Å². The minimum atomic E-state index is -0.281. The van der Waals surface area contributed by atoms with Gasteiger partial charge in [0.15, 0.2) is 0 Å². The van der Waals surface area contributed by atoms with Crippen LogP contribution in [-0.4, -0.2) is 12.3 Å². The summed E-state index contributed by atoms with van der Waals surface area (Å²) >= 11 is 0. The summed E-state index contributed by atoms with van der Waals surface area (Å²) in [4.78, 5) is 22.4. The third kappa shape index (κ3) is 1.69. The van der Waals surface area contributed by atoms with E-state index < -0.39 is 0 Å². The summed E-state index contributed by atoms with van der Waals surface area (Å²) in [6.45, 7) is 1.35. The van der Waals surface area contributed by atoms with Gasteiger partial charge in [-0.05, 0) is 12.1 Å². The Balaban J connectivity index is 2.95. The molecule has 0 aromatic heterocycles. The smallest absolute Gasteiger partial charge is 0.230 e. The minimum Gasteiger partial charge on any atom is -0.278 e. The van der Waals surface area contributed by atoms with E-state index in [1.165, 1.54) is 6.92 Å². The molecular weight excluding hydrogens is 154 g/mol. The first-order chi connectivity index (χ1) is 5.75. The first-order valence-corrected chi connectivity index (χ1v) is 3.56. The van der Waals surface area contributed by atoms with Gasteiger partial charge in [-0.1, -0.05) is 18.2 Å². The SMILES string of the molecule is CC(=O)N(C=O)c1ccccc1. The van der Waals surface area contributed by atoms with Crippen LogP contribution in [0.25, 0.3) is 0 Å². The van der Waals surface area contributed by atoms with E-state index in [4.69, 9.17) is 0 Å². The Kier molecular flexibility index (Phi) is 2.58. The lowest BCUT2D eigenvalue weighted by atomic mass is 10.3. The highest BCUT2D eigenvalue weighted by molar-refractivity contribution is 6.05. The van der Waals surface area contributed by atoms with Crippen molar-refractivity contribution >= 4 is 18.0 Å². The van der Waals surface area contributed by atoms with Crippen molar-refractivity contribution in [1.82, 2.24) is 0 Å². The molecule has 3 nitrogen and oxygen atoms in total. The highest BCUT2D eigenvalue weighted by Crippen LogP contribution is 2.10. The highest BCUT2D eigenvalue weighted by atomic mass is 16.2. The largest absolute Gasteiger partial charge is 0.278 e. The highest BCUT2D eigenvalue weighted by Gasteiger charge is 2.07. The Hall–Kier alpha value is -1.64. The van der Waals surface area contributed by atoms with E-state index in [0.29, 0.717) is 12.1 Å². The molecule has 1 aromatic rings. The molecule has 3 heteroatoms. The van der Waals surface area contributed by atoms with Crippen LogP contribution >= 0.6 is 0 Å². The molecule has 1 rings (SSSR count). The summed E-state index contributed by atoms with van der Waals surface area (Å²) in [5, 5.41) is 0. The van der Waals surface area contributed by atoms with Gasteiger partial charge in [0, 0.05) is 6.92 Å². The van der Waals surface area contributed by atoms with Gasteiger partial charge in [-0.15, -0.1) is 0 Å². The quantitative estimate of drug-likeness (QED) is 0.614. The lowest BCUT2D eigenvalue weighted by Crippen LogP contribution is -2.26. The van der Waals surface area contributed by atoms with E-state index in [2.05, 4.69) is 0 Å². The standard InChI is InChI=1S/C9H9NO2/c1-8(12)10(7-11)9-5-3-2-4-6-9/h2-7H,1H3. The number of nitrogens with zero attached hydrogens (tertiary/aromatic N) is 1. The zero-order valence-corrected chi connectivity index (χ0v) is 6.73. The van der Waals surface area contributed by atoms with Crippen LogP contribution in [0, 0.1) is 0 Å². The van der Waals surface area contributed by atoms with Gasteiger partial charge in [-0.2, -0.15) is 0 Å². The van der Waals surface area contributed by atoms with Crippen LogP contribution in [0.5, 0.6) is 0 Å². The van der Waals surface area contributed by atoms with Crippen molar-refractivity contribution in [1.29, 1.82) is 0 Å². The average molecular weight is 163 g/mol. The third-order valence-corrected chi connectivity index (χ3v) is 1.48. The summed E-state index contributed by atoms with van der Waals surface area (Å²) in [6.07, 6.45) is 0.512. The van der Waals surface area contributed by atoms with Gasteiger partial charge in [0.25, 0.3) is 0 Å². The van der Waals surface area contributed by atoms with Crippen LogP contribution in [0.15, 0.2) is 30.3 Å². The molecule has 12 heavy (non-hydrogen) atoms. The van der Waals surface area contributed by atoms with Crippen molar-refractivity contribution in [2.24, 2.45) is 0 Å². The second-order valence-corrected chi connectivity index (χ2v) is 2.33. The fourth-order valence-electron chi connectivity index (χ4n) is 0.905. The van der Waals surface area contributed by atoms with E-state index in [-0.39, 0.29) is 5.91 Å². The average Bonchev–Trinajstić information content (AvgIpc) is 2.07. The van der Waals surface area contributed by atoms with Gasteiger partial charge in [0.05, 0.1) is 5.69 Å². The van der Waals surface area contributed by atoms with Gasteiger partial charge in [-0.25, -0.2) is 0 Å². The molecule has 0 saturated heterocycles. The minimum absolute atomic E-state index is 0.281. The van der Waals surface area contributed by atoms with E-state index in [9.17, 15) is 9.59 Å². The van der Waals surface area contributed by atoms with Crippen molar-refractivity contribution in [3.63, 3.8) is 0 Å². The Labute approximate surface area is 70.6 Å². The molecule has 0 atom stereocenters. The fraction of sp³-hybridized carbons (Fsp3) is 0.111. The predicted octanol–water partition coefficient (Wildman–Crippen LogP) is 1.20. The number of imide groups is 1. The first kappa shape index (κ1) is 8.46. The Bertz CT molecular complexity index is 282. The van der Waals surface area contributed by atoms with E-state index in [1.807, 2.05) is 6.07 Å². The zero-order chi connectivity index (χ0) is 8.97. The molecule has 0 unspecified atom stereocenters.